The fraction of sp³-hybridized carbons (Fsp3) is 0.857. The smallest absolute Gasteiger partial charge is 0.0846 e. The van der Waals surface area contributed by atoms with Gasteiger partial charge in [-0.15, -0.1) is 5.10 Å². The quantitative estimate of drug-likeness (QED) is 0.355. The fourth-order valence-electron chi connectivity index (χ4n) is 0.874. The van der Waals surface area contributed by atoms with Gasteiger partial charge in [0.25, 0.3) is 0 Å². The van der Waals surface area contributed by atoms with E-state index in [2.05, 4.69) is 50.2 Å². The van der Waals surface area contributed by atoms with Crippen LogP contribution in [-0.4, -0.2) is 22.3 Å². The van der Waals surface area contributed by atoms with Gasteiger partial charge in [-0.2, -0.15) is 0 Å². The van der Waals surface area contributed by atoms with Crippen LogP contribution in [0.4, 0.5) is 0 Å². The van der Waals surface area contributed by atoms with Crippen molar-refractivity contribution in [1.82, 2.24) is 5.01 Å². The number of nitrogens with zero attached hydrogens (tertiary/aromatic N) is 2. The highest BCUT2D eigenvalue weighted by Crippen LogP contribution is 2.03. The average molecular weight is 158 g/mol. The zero-order valence-corrected chi connectivity index (χ0v) is 7.77. The summed E-state index contributed by atoms with van der Waals surface area (Å²) in [4.78, 5) is 0. The van der Waals surface area contributed by atoms with E-state index in [4.69, 9.17) is 0 Å². The number of thiocarbonyl (C=S) groups is 1. The molecular formula is C7H14N2S. The molecule has 0 amide bonds. The van der Waals surface area contributed by atoms with Crippen LogP contribution < -0.4 is 0 Å². The highest BCUT2D eigenvalue weighted by atomic mass is 32.1. The van der Waals surface area contributed by atoms with Crippen molar-refractivity contribution in [3.63, 3.8) is 0 Å². The maximum Gasteiger partial charge on any atom is 0.0846 e. The van der Waals surface area contributed by atoms with Gasteiger partial charge in [0, 0.05) is 12.1 Å². The number of isothiocyanates is 1. The standard InChI is InChI=1S/C7H14N2S/c1-6(2)9(7(3)4)8-5-10/h6-7H,1-4H3. The second kappa shape index (κ2) is 4.42. The van der Waals surface area contributed by atoms with Crippen molar-refractivity contribution in [3.8, 4) is 0 Å². The first-order chi connectivity index (χ1) is 4.59. The summed E-state index contributed by atoms with van der Waals surface area (Å²) < 4.78 is 0. The molecule has 0 aliphatic heterocycles. The molecule has 0 aromatic carbocycles. The molecule has 0 aromatic heterocycles. The third-order valence-corrected chi connectivity index (χ3v) is 1.30. The molecule has 0 spiro atoms. The molecule has 10 heavy (non-hydrogen) atoms. The molecule has 0 N–H and O–H groups in total. The minimum atomic E-state index is 0.399. The molecule has 0 aliphatic carbocycles. The molecule has 0 atom stereocenters. The topological polar surface area (TPSA) is 15.6 Å². The van der Waals surface area contributed by atoms with Crippen LogP contribution in [0.3, 0.4) is 0 Å². The summed E-state index contributed by atoms with van der Waals surface area (Å²) in [6.45, 7) is 8.32. The van der Waals surface area contributed by atoms with Crippen molar-refractivity contribution in [2.24, 2.45) is 5.10 Å². The number of hydrazone groups is 1. The van der Waals surface area contributed by atoms with Gasteiger partial charge < -0.3 is 0 Å². The highest BCUT2D eigenvalue weighted by molar-refractivity contribution is 7.78. The Kier molecular flexibility index (Phi) is 4.24. The van der Waals surface area contributed by atoms with E-state index in [1.807, 2.05) is 5.01 Å². The van der Waals surface area contributed by atoms with Crippen LogP contribution in [0.25, 0.3) is 0 Å². The SMILES string of the molecule is CC(C)N(N=C=S)C(C)C. The second-order valence-corrected chi connectivity index (χ2v) is 2.94. The van der Waals surface area contributed by atoms with E-state index in [0.29, 0.717) is 12.1 Å². The molecule has 3 heteroatoms. The molecule has 2 nitrogen and oxygen atoms in total. The van der Waals surface area contributed by atoms with Gasteiger partial charge in [-0.05, 0) is 39.9 Å². The van der Waals surface area contributed by atoms with Crippen LogP contribution in [0.1, 0.15) is 27.7 Å². The molecule has 0 bridgehead atoms. The Morgan fingerprint density at radius 1 is 1.20 bits per heavy atom. The fourth-order valence-corrected chi connectivity index (χ4v) is 0.969. The minimum absolute atomic E-state index is 0.399. The van der Waals surface area contributed by atoms with Gasteiger partial charge >= 0.3 is 0 Å². The lowest BCUT2D eigenvalue weighted by molar-refractivity contribution is 0.185. The van der Waals surface area contributed by atoms with Crippen molar-refractivity contribution in [3.05, 3.63) is 0 Å². The summed E-state index contributed by atoms with van der Waals surface area (Å²) in [6, 6.07) is 0.797. The molecular weight excluding hydrogens is 144 g/mol. The number of hydrogen-bond acceptors (Lipinski definition) is 3. The predicted molar refractivity (Wildman–Crippen MR) is 47.1 cm³/mol. The molecule has 0 fully saturated rings. The zero-order valence-electron chi connectivity index (χ0n) is 6.96. The number of rotatable bonds is 3. The van der Waals surface area contributed by atoms with Crippen LogP contribution in [0, 0.1) is 0 Å². The first kappa shape index (κ1) is 9.60. The largest absolute Gasteiger partial charge is 0.283 e. The van der Waals surface area contributed by atoms with Crippen LogP contribution in [0.2, 0.25) is 0 Å². The summed E-state index contributed by atoms with van der Waals surface area (Å²) in [7, 11) is 0. The zero-order chi connectivity index (χ0) is 8.15. The van der Waals surface area contributed by atoms with Crippen LogP contribution >= 0.6 is 12.2 Å². The van der Waals surface area contributed by atoms with Crippen molar-refractivity contribution in [1.29, 1.82) is 0 Å². The predicted octanol–water partition coefficient (Wildman–Crippen LogP) is 2.12. The van der Waals surface area contributed by atoms with E-state index < -0.39 is 0 Å². The third kappa shape index (κ3) is 2.95. The molecule has 0 unspecified atom stereocenters. The van der Waals surface area contributed by atoms with Crippen molar-refractivity contribution >= 4 is 17.4 Å². The summed E-state index contributed by atoms with van der Waals surface area (Å²) in [5.41, 5.74) is 0. The molecule has 0 rings (SSSR count). The van der Waals surface area contributed by atoms with E-state index in [1.165, 1.54) is 0 Å². The first-order valence-corrected chi connectivity index (χ1v) is 3.86. The molecule has 0 saturated carbocycles. The van der Waals surface area contributed by atoms with Crippen molar-refractivity contribution in [2.75, 3.05) is 0 Å². The normalized spacial score (nSPS) is 9.80. The Bertz CT molecular complexity index is 129. The van der Waals surface area contributed by atoms with E-state index in [9.17, 15) is 0 Å². The molecule has 0 saturated heterocycles. The van der Waals surface area contributed by atoms with Gasteiger partial charge in [-0.1, -0.05) is 0 Å². The summed E-state index contributed by atoms with van der Waals surface area (Å²) >= 11 is 4.51. The molecule has 0 heterocycles. The Labute approximate surface area is 67.9 Å². The van der Waals surface area contributed by atoms with Gasteiger partial charge in [-0.25, -0.2) is 0 Å². The monoisotopic (exact) mass is 158 g/mol. The summed E-state index contributed by atoms with van der Waals surface area (Å²) in [6.07, 6.45) is 0. The molecule has 0 aromatic rings. The molecule has 0 radical (unpaired) electrons. The van der Waals surface area contributed by atoms with Gasteiger partial charge in [0.2, 0.25) is 0 Å². The number of hydrogen-bond donors (Lipinski definition) is 0. The van der Waals surface area contributed by atoms with Gasteiger partial charge in [-0.3, -0.25) is 5.01 Å². The Hall–Kier alpha value is -0.400. The Morgan fingerprint density at radius 2 is 1.60 bits per heavy atom. The Morgan fingerprint density at radius 3 is 1.70 bits per heavy atom. The van der Waals surface area contributed by atoms with Gasteiger partial charge in [0.15, 0.2) is 0 Å². The van der Waals surface area contributed by atoms with E-state index in [1.54, 1.807) is 0 Å². The maximum absolute atomic E-state index is 4.51. The maximum atomic E-state index is 4.51. The van der Waals surface area contributed by atoms with Crippen LogP contribution in [-0.2, 0) is 0 Å². The third-order valence-electron chi connectivity index (χ3n) is 1.21. The lowest BCUT2D eigenvalue weighted by Crippen LogP contribution is -2.31. The summed E-state index contributed by atoms with van der Waals surface area (Å²) in [5, 5.41) is 8.21. The van der Waals surface area contributed by atoms with E-state index >= 15 is 0 Å². The molecule has 58 valence electrons. The molecule has 0 aliphatic rings. The van der Waals surface area contributed by atoms with Crippen molar-refractivity contribution in [2.45, 2.75) is 39.8 Å². The first-order valence-electron chi connectivity index (χ1n) is 3.45. The van der Waals surface area contributed by atoms with Crippen molar-refractivity contribution < 1.29 is 0 Å². The Balaban J connectivity index is 4.11. The second-order valence-electron chi connectivity index (χ2n) is 2.76. The van der Waals surface area contributed by atoms with E-state index in [-0.39, 0.29) is 0 Å². The van der Waals surface area contributed by atoms with Gasteiger partial charge in [0.05, 0.1) is 5.16 Å². The average Bonchev–Trinajstić information content (AvgIpc) is 1.81. The summed E-state index contributed by atoms with van der Waals surface area (Å²) in [5.74, 6) is 0. The van der Waals surface area contributed by atoms with Crippen LogP contribution in [0.5, 0.6) is 0 Å². The van der Waals surface area contributed by atoms with E-state index in [0.717, 1.165) is 0 Å². The highest BCUT2D eigenvalue weighted by Gasteiger charge is 2.08. The lowest BCUT2D eigenvalue weighted by Gasteiger charge is -2.25. The van der Waals surface area contributed by atoms with Gasteiger partial charge in [0.1, 0.15) is 0 Å². The minimum Gasteiger partial charge on any atom is -0.283 e. The van der Waals surface area contributed by atoms with Crippen LogP contribution in [0.15, 0.2) is 5.10 Å². The lowest BCUT2D eigenvalue weighted by atomic mass is 10.3.